The van der Waals surface area contributed by atoms with Gasteiger partial charge in [0.1, 0.15) is 0 Å². The number of aryl methyl sites for hydroxylation is 1. The summed E-state index contributed by atoms with van der Waals surface area (Å²) in [6.07, 6.45) is 0.518. The smallest absolute Gasteiger partial charge is 0.305 e. The van der Waals surface area contributed by atoms with Gasteiger partial charge >= 0.3 is 5.97 Å². The molecular formula is C13H13NO4. The normalized spacial score (nSPS) is 13.9. The molecule has 0 aliphatic carbocycles. The van der Waals surface area contributed by atoms with Crippen molar-refractivity contribution in [1.82, 2.24) is 0 Å². The first-order valence-electron chi connectivity index (χ1n) is 5.76. The van der Waals surface area contributed by atoms with Crippen LogP contribution in [0.15, 0.2) is 18.2 Å². The van der Waals surface area contributed by atoms with Crippen LogP contribution in [0.1, 0.15) is 29.3 Å². The molecule has 0 spiro atoms. The first kappa shape index (κ1) is 12.3. The minimum atomic E-state index is -0.988. The molecule has 0 bridgehead atoms. The molecule has 94 valence electrons. The molecule has 0 saturated heterocycles. The van der Waals surface area contributed by atoms with Gasteiger partial charge in [0.2, 0.25) is 0 Å². The molecule has 0 radical (unpaired) electrons. The third-order valence-corrected chi connectivity index (χ3v) is 3.00. The second-order valence-electron chi connectivity index (χ2n) is 4.10. The Bertz CT molecular complexity index is 536. The number of carboxylic acids is 1. The lowest BCUT2D eigenvalue weighted by Crippen LogP contribution is -2.32. The van der Waals surface area contributed by atoms with Crippen LogP contribution in [0.25, 0.3) is 0 Å². The van der Waals surface area contributed by atoms with Crippen molar-refractivity contribution in [2.45, 2.75) is 19.8 Å². The fourth-order valence-corrected chi connectivity index (χ4v) is 2.14. The molecule has 5 heteroatoms. The Morgan fingerprint density at radius 1 is 1.33 bits per heavy atom. The zero-order valence-corrected chi connectivity index (χ0v) is 9.97. The van der Waals surface area contributed by atoms with Gasteiger partial charge in [-0.25, -0.2) is 0 Å². The van der Waals surface area contributed by atoms with Crippen molar-refractivity contribution < 1.29 is 19.5 Å². The van der Waals surface area contributed by atoms with Gasteiger partial charge in [0, 0.05) is 6.54 Å². The van der Waals surface area contributed by atoms with Gasteiger partial charge in [-0.1, -0.05) is 19.1 Å². The second-order valence-corrected chi connectivity index (χ2v) is 4.10. The SMILES string of the molecule is CCc1cccc2c1N(CCC(=O)O)C(=O)C2=O. The molecule has 0 unspecified atom stereocenters. The van der Waals surface area contributed by atoms with E-state index >= 15 is 0 Å². The van der Waals surface area contributed by atoms with Crippen LogP contribution in [0.4, 0.5) is 5.69 Å². The molecule has 18 heavy (non-hydrogen) atoms. The molecule has 1 N–H and O–H groups in total. The highest BCUT2D eigenvalue weighted by Gasteiger charge is 2.36. The van der Waals surface area contributed by atoms with E-state index in [4.69, 9.17) is 5.11 Å². The first-order chi connectivity index (χ1) is 8.56. The quantitative estimate of drug-likeness (QED) is 0.812. The standard InChI is InChI=1S/C13H13NO4/c1-2-8-4-3-5-9-11(8)14(7-6-10(15)16)13(18)12(9)17/h3-5H,2,6-7H2,1H3,(H,15,16). The minimum Gasteiger partial charge on any atom is -0.481 e. The summed E-state index contributed by atoms with van der Waals surface area (Å²) in [5, 5.41) is 8.68. The number of benzene rings is 1. The predicted molar refractivity (Wildman–Crippen MR) is 64.8 cm³/mol. The number of carboxylic acid groups (broad SMARTS) is 1. The van der Waals surface area contributed by atoms with Crippen LogP contribution in [0.5, 0.6) is 0 Å². The van der Waals surface area contributed by atoms with Crippen molar-refractivity contribution in [3.63, 3.8) is 0 Å². The van der Waals surface area contributed by atoms with Gasteiger partial charge in [0.25, 0.3) is 11.7 Å². The highest BCUT2D eigenvalue weighted by molar-refractivity contribution is 6.52. The van der Waals surface area contributed by atoms with Gasteiger partial charge in [0.15, 0.2) is 0 Å². The van der Waals surface area contributed by atoms with E-state index in [0.717, 1.165) is 5.56 Å². The van der Waals surface area contributed by atoms with Gasteiger partial charge in [-0.2, -0.15) is 0 Å². The summed E-state index contributed by atoms with van der Waals surface area (Å²) in [6.45, 7) is 1.96. The Balaban J connectivity index is 2.42. The lowest BCUT2D eigenvalue weighted by molar-refractivity contribution is -0.136. The Hall–Kier alpha value is -2.17. The maximum absolute atomic E-state index is 11.8. The number of ketones is 1. The van der Waals surface area contributed by atoms with E-state index < -0.39 is 17.7 Å². The van der Waals surface area contributed by atoms with Gasteiger partial charge < -0.3 is 10.0 Å². The Morgan fingerprint density at radius 3 is 2.67 bits per heavy atom. The van der Waals surface area contributed by atoms with E-state index in [2.05, 4.69) is 0 Å². The molecule has 1 aliphatic rings. The maximum Gasteiger partial charge on any atom is 0.305 e. The lowest BCUT2D eigenvalue weighted by Gasteiger charge is -2.18. The van der Waals surface area contributed by atoms with Gasteiger partial charge in [-0.15, -0.1) is 0 Å². The highest BCUT2D eigenvalue weighted by atomic mass is 16.4. The van der Waals surface area contributed by atoms with Crippen molar-refractivity contribution in [1.29, 1.82) is 0 Å². The lowest BCUT2D eigenvalue weighted by atomic mass is 10.0. The van der Waals surface area contributed by atoms with Crippen molar-refractivity contribution in [2.24, 2.45) is 0 Å². The van der Waals surface area contributed by atoms with E-state index in [1.807, 2.05) is 13.0 Å². The number of carbonyl (C=O) groups excluding carboxylic acids is 2. The molecular weight excluding hydrogens is 234 g/mol. The second kappa shape index (κ2) is 4.60. The third kappa shape index (κ3) is 1.88. The number of anilines is 1. The van der Waals surface area contributed by atoms with Gasteiger partial charge in [0.05, 0.1) is 17.7 Å². The number of fused-ring (bicyclic) bond motifs is 1. The molecule has 0 saturated carbocycles. The van der Waals surface area contributed by atoms with Crippen LogP contribution in [-0.2, 0) is 16.0 Å². The first-order valence-corrected chi connectivity index (χ1v) is 5.76. The number of hydrogen-bond donors (Lipinski definition) is 1. The summed E-state index contributed by atoms with van der Waals surface area (Å²) in [5.74, 6) is -2.17. The van der Waals surface area contributed by atoms with Gasteiger partial charge in [-0.3, -0.25) is 14.4 Å². The van der Waals surface area contributed by atoms with Crippen molar-refractivity contribution >= 4 is 23.3 Å². The van der Waals surface area contributed by atoms with Crippen LogP contribution in [0, 0.1) is 0 Å². The number of para-hydroxylation sites is 1. The van der Waals surface area contributed by atoms with Crippen LogP contribution >= 0.6 is 0 Å². The molecule has 5 nitrogen and oxygen atoms in total. The third-order valence-electron chi connectivity index (χ3n) is 3.00. The van der Waals surface area contributed by atoms with E-state index in [1.165, 1.54) is 4.90 Å². The maximum atomic E-state index is 11.8. The zero-order valence-electron chi connectivity index (χ0n) is 9.97. The number of aliphatic carboxylic acids is 1. The molecule has 1 aliphatic heterocycles. The highest BCUT2D eigenvalue weighted by Crippen LogP contribution is 2.32. The fourth-order valence-electron chi connectivity index (χ4n) is 2.14. The van der Waals surface area contributed by atoms with Crippen molar-refractivity contribution in [3.8, 4) is 0 Å². The number of hydrogen-bond acceptors (Lipinski definition) is 3. The number of amides is 1. The van der Waals surface area contributed by atoms with Crippen LogP contribution in [0.2, 0.25) is 0 Å². The summed E-state index contributed by atoms with van der Waals surface area (Å²) in [6, 6.07) is 5.19. The topological polar surface area (TPSA) is 74.7 Å². The number of Topliss-reactive ketones (excluding diaryl/α,β-unsaturated/α-hetero) is 1. The largest absolute Gasteiger partial charge is 0.481 e. The molecule has 1 amide bonds. The average Bonchev–Trinajstić information content (AvgIpc) is 2.60. The molecule has 1 heterocycles. The van der Waals surface area contributed by atoms with E-state index in [1.54, 1.807) is 12.1 Å². The Kier molecular flexibility index (Phi) is 3.14. The molecule has 1 aromatic carbocycles. The monoisotopic (exact) mass is 247 g/mol. The van der Waals surface area contributed by atoms with E-state index in [9.17, 15) is 14.4 Å². The summed E-state index contributed by atoms with van der Waals surface area (Å²) < 4.78 is 0. The van der Waals surface area contributed by atoms with Crippen LogP contribution in [-0.4, -0.2) is 29.3 Å². The zero-order chi connectivity index (χ0) is 13.3. The van der Waals surface area contributed by atoms with E-state index in [-0.39, 0.29) is 13.0 Å². The summed E-state index contributed by atoms with van der Waals surface area (Å²) >= 11 is 0. The average molecular weight is 247 g/mol. The number of nitrogens with zero attached hydrogens (tertiary/aromatic N) is 1. The summed E-state index contributed by atoms with van der Waals surface area (Å²) in [4.78, 5) is 35.5. The molecule has 0 aromatic heterocycles. The Morgan fingerprint density at radius 2 is 2.06 bits per heavy atom. The van der Waals surface area contributed by atoms with Crippen molar-refractivity contribution in [3.05, 3.63) is 29.3 Å². The minimum absolute atomic E-state index is 0.0317. The summed E-state index contributed by atoms with van der Waals surface area (Å²) in [7, 11) is 0. The molecule has 2 rings (SSSR count). The van der Waals surface area contributed by atoms with Crippen LogP contribution in [0.3, 0.4) is 0 Å². The molecule has 1 aromatic rings. The number of carbonyl (C=O) groups is 3. The van der Waals surface area contributed by atoms with Crippen LogP contribution < -0.4 is 4.90 Å². The van der Waals surface area contributed by atoms with Crippen molar-refractivity contribution in [2.75, 3.05) is 11.4 Å². The molecule has 0 fully saturated rings. The molecule has 0 atom stereocenters. The predicted octanol–water partition coefficient (Wildman–Crippen LogP) is 1.25. The fraction of sp³-hybridized carbons (Fsp3) is 0.308. The van der Waals surface area contributed by atoms with E-state index in [0.29, 0.717) is 17.7 Å². The van der Waals surface area contributed by atoms with Gasteiger partial charge in [-0.05, 0) is 18.1 Å². The Labute approximate surface area is 104 Å². The number of rotatable bonds is 4. The summed E-state index contributed by atoms with van der Waals surface area (Å²) in [5.41, 5.74) is 1.85.